The maximum absolute atomic E-state index is 9.08. The zero-order valence-corrected chi connectivity index (χ0v) is 10.1. The van der Waals surface area contributed by atoms with Gasteiger partial charge in [0.2, 0.25) is 0 Å². The number of anilines is 1. The Kier molecular flexibility index (Phi) is 3.60. The molecule has 1 atom stereocenters. The van der Waals surface area contributed by atoms with Crippen LogP contribution in [0.5, 0.6) is 0 Å². The Hall–Kier alpha value is -1.60. The third-order valence-electron chi connectivity index (χ3n) is 3.26. The summed E-state index contributed by atoms with van der Waals surface area (Å²) < 4.78 is 0. The van der Waals surface area contributed by atoms with E-state index in [1.807, 2.05) is 19.1 Å². The first-order chi connectivity index (χ1) is 8.24. The van der Waals surface area contributed by atoms with Gasteiger partial charge in [-0.2, -0.15) is 5.26 Å². The summed E-state index contributed by atoms with van der Waals surface area (Å²) in [7, 11) is 0. The maximum atomic E-state index is 9.08. The van der Waals surface area contributed by atoms with E-state index in [4.69, 9.17) is 10.4 Å². The van der Waals surface area contributed by atoms with Crippen LogP contribution in [-0.4, -0.2) is 29.8 Å². The highest BCUT2D eigenvalue weighted by Crippen LogP contribution is 2.26. The third kappa shape index (κ3) is 2.56. The fraction of sp³-hybridized carbons (Fsp3) is 0.538. The van der Waals surface area contributed by atoms with E-state index < -0.39 is 0 Å². The van der Waals surface area contributed by atoms with Crippen molar-refractivity contribution in [2.45, 2.75) is 19.8 Å². The molecule has 0 aromatic carbocycles. The van der Waals surface area contributed by atoms with Crippen LogP contribution in [0.15, 0.2) is 12.1 Å². The number of aliphatic hydroxyl groups is 1. The summed E-state index contributed by atoms with van der Waals surface area (Å²) >= 11 is 0. The lowest BCUT2D eigenvalue weighted by molar-refractivity contribution is 0.263. The summed E-state index contributed by atoms with van der Waals surface area (Å²) in [6.45, 7) is 4.00. The van der Waals surface area contributed by atoms with Crippen molar-refractivity contribution in [3.63, 3.8) is 0 Å². The predicted octanol–water partition coefficient (Wildman–Crippen LogP) is 1.47. The smallest absolute Gasteiger partial charge is 0.146 e. The predicted molar refractivity (Wildman–Crippen MR) is 65.7 cm³/mol. The number of aryl methyl sites for hydroxylation is 1. The number of nitrogens with zero attached hydrogens (tertiary/aromatic N) is 3. The second kappa shape index (κ2) is 5.15. The van der Waals surface area contributed by atoms with Gasteiger partial charge in [-0.05, 0) is 37.8 Å². The van der Waals surface area contributed by atoms with Crippen LogP contribution in [0.1, 0.15) is 24.1 Å². The number of pyridine rings is 1. The van der Waals surface area contributed by atoms with Crippen molar-refractivity contribution in [3.05, 3.63) is 23.4 Å². The van der Waals surface area contributed by atoms with Gasteiger partial charge in [0.05, 0.1) is 5.56 Å². The Morgan fingerprint density at radius 3 is 3.12 bits per heavy atom. The minimum Gasteiger partial charge on any atom is -0.396 e. The zero-order chi connectivity index (χ0) is 12.3. The van der Waals surface area contributed by atoms with Crippen molar-refractivity contribution in [3.8, 4) is 6.07 Å². The van der Waals surface area contributed by atoms with Crippen LogP contribution < -0.4 is 4.90 Å². The Morgan fingerprint density at radius 1 is 1.59 bits per heavy atom. The molecule has 0 spiro atoms. The summed E-state index contributed by atoms with van der Waals surface area (Å²) in [5.41, 5.74) is 1.57. The number of aliphatic hydroxyl groups excluding tert-OH is 1. The minimum atomic E-state index is 0.241. The molecule has 0 amide bonds. The minimum absolute atomic E-state index is 0.241. The van der Waals surface area contributed by atoms with Gasteiger partial charge in [-0.25, -0.2) is 4.98 Å². The molecule has 0 bridgehead atoms. The standard InChI is InChI=1S/C13H17N3O/c1-10-2-3-12(8-14)13(15-10)16-6-4-11(9-16)5-7-17/h2-3,11,17H,4-7,9H2,1H3. The largest absolute Gasteiger partial charge is 0.396 e. The highest BCUT2D eigenvalue weighted by Gasteiger charge is 2.24. The molecular formula is C13H17N3O. The van der Waals surface area contributed by atoms with E-state index in [1.165, 1.54) is 0 Å². The SMILES string of the molecule is Cc1ccc(C#N)c(N2CCC(CCO)C2)n1. The van der Waals surface area contributed by atoms with E-state index in [-0.39, 0.29) is 6.61 Å². The van der Waals surface area contributed by atoms with Gasteiger partial charge in [-0.1, -0.05) is 0 Å². The van der Waals surface area contributed by atoms with Crippen molar-refractivity contribution in [2.75, 3.05) is 24.6 Å². The normalized spacial score (nSPS) is 19.4. The molecule has 1 saturated heterocycles. The van der Waals surface area contributed by atoms with Gasteiger partial charge in [0, 0.05) is 25.4 Å². The van der Waals surface area contributed by atoms with Crippen molar-refractivity contribution in [1.29, 1.82) is 5.26 Å². The van der Waals surface area contributed by atoms with Crippen LogP contribution in [0.25, 0.3) is 0 Å². The topological polar surface area (TPSA) is 60.2 Å². The van der Waals surface area contributed by atoms with Crippen molar-refractivity contribution >= 4 is 5.82 Å². The van der Waals surface area contributed by atoms with Gasteiger partial charge >= 0.3 is 0 Å². The molecule has 0 radical (unpaired) electrons. The molecule has 1 aliphatic rings. The average Bonchev–Trinajstić information content (AvgIpc) is 2.78. The molecule has 1 unspecified atom stereocenters. The first-order valence-corrected chi connectivity index (χ1v) is 5.98. The quantitative estimate of drug-likeness (QED) is 0.855. The van der Waals surface area contributed by atoms with Gasteiger partial charge in [-0.3, -0.25) is 0 Å². The second-order valence-corrected chi connectivity index (χ2v) is 4.55. The number of rotatable bonds is 3. The van der Waals surface area contributed by atoms with E-state index in [2.05, 4.69) is 16.0 Å². The number of hydrogen-bond donors (Lipinski definition) is 1. The Balaban J connectivity index is 2.18. The Labute approximate surface area is 102 Å². The highest BCUT2D eigenvalue weighted by atomic mass is 16.3. The lowest BCUT2D eigenvalue weighted by Crippen LogP contribution is -2.22. The monoisotopic (exact) mass is 231 g/mol. The van der Waals surface area contributed by atoms with Crippen molar-refractivity contribution < 1.29 is 5.11 Å². The summed E-state index contributed by atoms with van der Waals surface area (Å²) in [6.07, 6.45) is 1.91. The van der Waals surface area contributed by atoms with E-state index in [0.717, 1.165) is 37.4 Å². The lowest BCUT2D eigenvalue weighted by atomic mass is 10.1. The summed E-state index contributed by atoms with van der Waals surface area (Å²) in [5, 5.41) is 18.0. The molecule has 1 aromatic rings. The number of hydrogen-bond acceptors (Lipinski definition) is 4. The van der Waals surface area contributed by atoms with Crippen LogP contribution >= 0.6 is 0 Å². The van der Waals surface area contributed by atoms with Gasteiger partial charge < -0.3 is 10.0 Å². The molecule has 4 heteroatoms. The van der Waals surface area contributed by atoms with E-state index in [1.54, 1.807) is 0 Å². The van der Waals surface area contributed by atoms with E-state index >= 15 is 0 Å². The van der Waals surface area contributed by atoms with Crippen molar-refractivity contribution in [1.82, 2.24) is 4.98 Å². The van der Waals surface area contributed by atoms with Gasteiger partial charge in [0.25, 0.3) is 0 Å². The Bertz CT molecular complexity index is 439. The third-order valence-corrected chi connectivity index (χ3v) is 3.26. The molecule has 2 heterocycles. The summed E-state index contributed by atoms with van der Waals surface area (Å²) in [5.74, 6) is 1.32. The van der Waals surface area contributed by atoms with Crippen molar-refractivity contribution in [2.24, 2.45) is 5.92 Å². The van der Waals surface area contributed by atoms with E-state index in [9.17, 15) is 0 Å². The molecule has 0 aliphatic carbocycles. The van der Waals surface area contributed by atoms with Crippen LogP contribution in [0.4, 0.5) is 5.82 Å². The number of aromatic nitrogens is 1. The molecule has 0 saturated carbocycles. The van der Waals surface area contributed by atoms with Gasteiger partial charge in [0.1, 0.15) is 11.9 Å². The van der Waals surface area contributed by atoms with Crippen LogP contribution in [-0.2, 0) is 0 Å². The number of nitriles is 1. The molecule has 1 fully saturated rings. The average molecular weight is 231 g/mol. The van der Waals surface area contributed by atoms with Crippen LogP contribution in [0.3, 0.4) is 0 Å². The first kappa shape index (κ1) is 11.9. The van der Waals surface area contributed by atoms with Gasteiger partial charge in [-0.15, -0.1) is 0 Å². The molecule has 17 heavy (non-hydrogen) atoms. The van der Waals surface area contributed by atoms with Crippen LogP contribution in [0.2, 0.25) is 0 Å². The zero-order valence-electron chi connectivity index (χ0n) is 10.1. The molecular weight excluding hydrogens is 214 g/mol. The molecule has 1 N–H and O–H groups in total. The maximum Gasteiger partial charge on any atom is 0.146 e. The van der Waals surface area contributed by atoms with E-state index in [0.29, 0.717) is 11.5 Å². The first-order valence-electron chi connectivity index (χ1n) is 5.98. The van der Waals surface area contributed by atoms with Crippen LogP contribution in [0, 0.1) is 24.2 Å². The molecule has 1 aliphatic heterocycles. The molecule has 2 rings (SSSR count). The lowest BCUT2D eigenvalue weighted by Gasteiger charge is -2.19. The molecule has 90 valence electrons. The summed E-state index contributed by atoms with van der Waals surface area (Å²) in [6, 6.07) is 5.89. The highest BCUT2D eigenvalue weighted by molar-refractivity contribution is 5.54. The summed E-state index contributed by atoms with van der Waals surface area (Å²) in [4.78, 5) is 6.62. The Morgan fingerprint density at radius 2 is 2.41 bits per heavy atom. The second-order valence-electron chi connectivity index (χ2n) is 4.55. The molecule has 4 nitrogen and oxygen atoms in total. The fourth-order valence-corrected chi connectivity index (χ4v) is 2.31. The fourth-order valence-electron chi connectivity index (χ4n) is 2.31. The molecule has 1 aromatic heterocycles. The van der Waals surface area contributed by atoms with Gasteiger partial charge in [0.15, 0.2) is 0 Å².